The van der Waals surface area contributed by atoms with Gasteiger partial charge in [0.05, 0.1) is 18.9 Å². The molecule has 0 aromatic heterocycles. The first kappa shape index (κ1) is 27.5. The molecule has 8 nitrogen and oxygen atoms in total. The van der Waals surface area contributed by atoms with Crippen molar-refractivity contribution in [1.29, 1.82) is 0 Å². The normalized spacial score (nSPS) is 12.9. The fraction of sp³-hybridized carbons (Fsp3) is 0.280. The SMILES string of the molecule is CCOC(=O)/C=C/C=C/[C@H](OC)[C@@H](OC(=O)Nc1ccc(F)cc1F)c1ccc(OCCO)cc1. The Kier molecular flexibility index (Phi) is 11.4. The molecule has 2 N–H and O–H groups in total. The Morgan fingerprint density at radius 2 is 1.86 bits per heavy atom. The van der Waals surface area contributed by atoms with E-state index in [1.54, 1.807) is 37.3 Å². The van der Waals surface area contributed by atoms with Gasteiger partial charge in [0.15, 0.2) is 6.10 Å². The Labute approximate surface area is 201 Å². The summed E-state index contributed by atoms with van der Waals surface area (Å²) in [5.74, 6) is -1.78. The minimum atomic E-state index is -1.00. The number of methoxy groups -OCH3 is 1. The van der Waals surface area contributed by atoms with Gasteiger partial charge in [-0.3, -0.25) is 5.32 Å². The van der Waals surface area contributed by atoms with E-state index in [1.807, 2.05) is 0 Å². The van der Waals surface area contributed by atoms with Gasteiger partial charge >= 0.3 is 12.1 Å². The minimum absolute atomic E-state index is 0.112. The van der Waals surface area contributed by atoms with Gasteiger partial charge in [-0.25, -0.2) is 18.4 Å². The fourth-order valence-electron chi connectivity index (χ4n) is 2.89. The van der Waals surface area contributed by atoms with Crippen molar-refractivity contribution >= 4 is 17.7 Å². The number of aliphatic hydroxyl groups is 1. The van der Waals surface area contributed by atoms with Crippen LogP contribution in [0.25, 0.3) is 0 Å². The molecule has 1 amide bonds. The number of benzene rings is 2. The number of amides is 1. The largest absolute Gasteiger partial charge is 0.491 e. The molecule has 0 spiro atoms. The number of hydrogen-bond acceptors (Lipinski definition) is 7. The molecule has 0 aliphatic heterocycles. The van der Waals surface area contributed by atoms with Gasteiger partial charge < -0.3 is 24.1 Å². The molecule has 2 aromatic carbocycles. The van der Waals surface area contributed by atoms with E-state index < -0.39 is 35.9 Å². The molecule has 0 aliphatic rings. The molecule has 2 rings (SSSR count). The molecule has 0 unspecified atom stereocenters. The lowest BCUT2D eigenvalue weighted by atomic mass is 10.0. The van der Waals surface area contributed by atoms with Crippen LogP contribution in [0.4, 0.5) is 19.3 Å². The average Bonchev–Trinajstić information content (AvgIpc) is 2.84. The molecule has 0 radical (unpaired) electrons. The number of rotatable bonds is 12. The summed E-state index contributed by atoms with van der Waals surface area (Å²) >= 11 is 0. The summed E-state index contributed by atoms with van der Waals surface area (Å²) in [5, 5.41) is 11.1. The van der Waals surface area contributed by atoms with Crippen molar-refractivity contribution in [3.63, 3.8) is 0 Å². The third-order valence-corrected chi connectivity index (χ3v) is 4.47. The molecule has 2 aromatic rings. The first-order valence-corrected chi connectivity index (χ1v) is 10.7. The lowest BCUT2D eigenvalue weighted by Crippen LogP contribution is -2.27. The van der Waals surface area contributed by atoms with Crippen LogP contribution in [0.3, 0.4) is 0 Å². The van der Waals surface area contributed by atoms with Crippen molar-refractivity contribution < 1.29 is 42.4 Å². The maximum atomic E-state index is 13.9. The van der Waals surface area contributed by atoms with E-state index >= 15 is 0 Å². The molecule has 0 bridgehead atoms. The van der Waals surface area contributed by atoms with Gasteiger partial charge in [-0.1, -0.05) is 30.4 Å². The maximum Gasteiger partial charge on any atom is 0.412 e. The lowest BCUT2D eigenvalue weighted by molar-refractivity contribution is -0.137. The van der Waals surface area contributed by atoms with E-state index in [0.29, 0.717) is 17.4 Å². The van der Waals surface area contributed by atoms with Crippen LogP contribution >= 0.6 is 0 Å². The van der Waals surface area contributed by atoms with Crippen molar-refractivity contribution in [2.24, 2.45) is 0 Å². The second-order valence-corrected chi connectivity index (χ2v) is 6.91. The highest BCUT2D eigenvalue weighted by Gasteiger charge is 2.26. The maximum absolute atomic E-state index is 13.9. The Morgan fingerprint density at radius 3 is 2.49 bits per heavy atom. The number of hydrogen-bond donors (Lipinski definition) is 2. The Morgan fingerprint density at radius 1 is 1.11 bits per heavy atom. The highest BCUT2D eigenvalue weighted by Crippen LogP contribution is 2.27. The van der Waals surface area contributed by atoms with Gasteiger partial charge in [-0.15, -0.1) is 0 Å². The summed E-state index contributed by atoms with van der Waals surface area (Å²) in [6.45, 7) is 1.89. The van der Waals surface area contributed by atoms with Crippen LogP contribution in [0, 0.1) is 11.6 Å². The standard InChI is InChI=1S/C25H27F2NO7/c1-3-33-23(30)7-5-4-6-22(32-2)24(17-8-11-19(12-9-17)34-15-14-29)35-25(31)28-21-13-10-18(26)16-20(21)27/h4-13,16,22,24,29H,3,14-15H2,1-2H3,(H,28,31)/b6-4+,7-5+/t22-,24-/m0/s1. The van der Waals surface area contributed by atoms with Gasteiger partial charge in [-0.05, 0) is 36.8 Å². The van der Waals surface area contributed by atoms with Crippen molar-refractivity contribution in [3.8, 4) is 5.75 Å². The van der Waals surface area contributed by atoms with Crippen molar-refractivity contribution in [2.75, 3.05) is 32.2 Å². The summed E-state index contributed by atoms with van der Waals surface area (Å²) in [5.41, 5.74) is 0.256. The summed E-state index contributed by atoms with van der Waals surface area (Å²) in [6, 6.07) is 9.22. The minimum Gasteiger partial charge on any atom is -0.491 e. The summed E-state index contributed by atoms with van der Waals surface area (Å²) in [7, 11) is 1.40. The van der Waals surface area contributed by atoms with E-state index in [-0.39, 0.29) is 25.5 Å². The van der Waals surface area contributed by atoms with E-state index in [1.165, 1.54) is 25.3 Å². The number of halogens is 2. The Balaban J connectivity index is 2.24. The Bertz CT molecular complexity index is 1020. The van der Waals surface area contributed by atoms with Crippen LogP contribution in [0.2, 0.25) is 0 Å². The van der Waals surface area contributed by atoms with E-state index in [9.17, 15) is 18.4 Å². The Hall–Kier alpha value is -3.76. The predicted molar refractivity (Wildman–Crippen MR) is 124 cm³/mol. The molecule has 188 valence electrons. The quantitative estimate of drug-likeness (QED) is 0.259. The third kappa shape index (κ3) is 9.19. The van der Waals surface area contributed by atoms with Crippen LogP contribution in [0.15, 0.2) is 66.8 Å². The van der Waals surface area contributed by atoms with Crippen LogP contribution in [-0.2, 0) is 19.0 Å². The van der Waals surface area contributed by atoms with Crippen LogP contribution in [0.5, 0.6) is 5.75 Å². The molecular weight excluding hydrogens is 464 g/mol. The van der Waals surface area contributed by atoms with Gasteiger partial charge in [0, 0.05) is 19.3 Å². The number of carbonyl (C=O) groups is 2. The van der Waals surface area contributed by atoms with Crippen molar-refractivity contribution in [3.05, 3.63) is 84.0 Å². The smallest absolute Gasteiger partial charge is 0.412 e. The number of nitrogens with one attached hydrogen (secondary N) is 1. The first-order valence-electron chi connectivity index (χ1n) is 10.7. The van der Waals surface area contributed by atoms with Crippen molar-refractivity contribution in [1.82, 2.24) is 0 Å². The molecule has 2 atom stereocenters. The number of allylic oxidation sites excluding steroid dienone is 2. The number of anilines is 1. The number of carbonyl (C=O) groups excluding carboxylic acids is 2. The highest BCUT2D eigenvalue weighted by molar-refractivity contribution is 5.85. The number of ether oxygens (including phenoxy) is 4. The zero-order valence-electron chi connectivity index (χ0n) is 19.3. The monoisotopic (exact) mass is 491 g/mol. The number of esters is 1. The summed E-state index contributed by atoms with van der Waals surface area (Å²) < 4.78 is 48.3. The number of aliphatic hydroxyl groups excluding tert-OH is 1. The van der Waals surface area contributed by atoms with Gasteiger partial charge in [0.25, 0.3) is 0 Å². The molecule has 0 saturated heterocycles. The molecule has 35 heavy (non-hydrogen) atoms. The third-order valence-electron chi connectivity index (χ3n) is 4.47. The topological polar surface area (TPSA) is 103 Å². The molecular formula is C25H27F2NO7. The van der Waals surface area contributed by atoms with Crippen molar-refractivity contribution in [2.45, 2.75) is 19.1 Å². The molecule has 10 heteroatoms. The summed E-state index contributed by atoms with van der Waals surface area (Å²) in [6.07, 6.45) is 2.94. The lowest BCUT2D eigenvalue weighted by Gasteiger charge is -2.24. The second-order valence-electron chi connectivity index (χ2n) is 6.91. The van der Waals surface area contributed by atoms with Gasteiger partial charge in [0.1, 0.15) is 30.1 Å². The fourth-order valence-corrected chi connectivity index (χ4v) is 2.89. The van der Waals surface area contributed by atoms with Crippen LogP contribution < -0.4 is 10.1 Å². The molecule has 0 saturated carbocycles. The molecule has 0 aliphatic carbocycles. The second kappa shape index (κ2) is 14.5. The zero-order valence-corrected chi connectivity index (χ0v) is 19.3. The average molecular weight is 491 g/mol. The summed E-state index contributed by atoms with van der Waals surface area (Å²) in [4.78, 5) is 24.0. The predicted octanol–water partition coefficient (Wildman–Crippen LogP) is 4.32. The van der Waals surface area contributed by atoms with Crippen LogP contribution in [0.1, 0.15) is 18.6 Å². The van der Waals surface area contributed by atoms with Gasteiger partial charge in [0.2, 0.25) is 0 Å². The van der Waals surface area contributed by atoms with Gasteiger partial charge in [-0.2, -0.15) is 0 Å². The van der Waals surface area contributed by atoms with E-state index in [4.69, 9.17) is 24.1 Å². The zero-order chi connectivity index (χ0) is 25.6. The highest BCUT2D eigenvalue weighted by atomic mass is 19.1. The van der Waals surface area contributed by atoms with Crippen LogP contribution in [-0.4, -0.2) is 50.2 Å². The molecule has 0 heterocycles. The first-order chi connectivity index (χ1) is 16.9. The van der Waals surface area contributed by atoms with E-state index in [0.717, 1.165) is 12.1 Å². The molecule has 0 fully saturated rings. The van der Waals surface area contributed by atoms with E-state index in [2.05, 4.69) is 5.32 Å².